The lowest BCUT2D eigenvalue weighted by Gasteiger charge is -2.23. The van der Waals surface area contributed by atoms with Crippen molar-refractivity contribution in [3.63, 3.8) is 0 Å². The van der Waals surface area contributed by atoms with Crippen molar-refractivity contribution in [2.24, 2.45) is 0 Å². The predicted octanol–water partition coefficient (Wildman–Crippen LogP) is 4.80. The first-order chi connectivity index (χ1) is 14.5. The number of carbonyl (C=O) groups is 2. The van der Waals surface area contributed by atoms with Gasteiger partial charge in [-0.3, -0.25) is 14.6 Å². The molecular weight excluding hydrogens is 374 g/mol. The van der Waals surface area contributed by atoms with Crippen molar-refractivity contribution >= 4 is 23.2 Å². The first kappa shape index (κ1) is 19.8. The van der Waals surface area contributed by atoms with Gasteiger partial charge in [-0.15, -0.1) is 0 Å². The first-order valence-corrected chi connectivity index (χ1v) is 10.3. The highest BCUT2D eigenvalue weighted by Gasteiger charge is 2.31. The number of benzene rings is 2. The Balaban J connectivity index is 1.61. The van der Waals surface area contributed by atoms with E-state index < -0.39 is 0 Å². The highest BCUT2D eigenvalue weighted by molar-refractivity contribution is 6.10. The summed E-state index contributed by atoms with van der Waals surface area (Å²) in [6.45, 7) is 6.06. The highest BCUT2D eigenvalue weighted by Crippen LogP contribution is 2.33. The summed E-state index contributed by atoms with van der Waals surface area (Å²) < 4.78 is 0. The van der Waals surface area contributed by atoms with Gasteiger partial charge in [0.25, 0.3) is 11.8 Å². The van der Waals surface area contributed by atoms with Crippen LogP contribution in [0.4, 0.5) is 11.4 Å². The molecule has 2 aromatic carbocycles. The van der Waals surface area contributed by atoms with Gasteiger partial charge in [-0.25, -0.2) is 0 Å². The molecule has 152 valence electrons. The van der Waals surface area contributed by atoms with E-state index in [4.69, 9.17) is 0 Å². The number of rotatable bonds is 4. The Morgan fingerprint density at radius 2 is 1.93 bits per heavy atom. The second kappa shape index (κ2) is 8.11. The van der Waals surface area contributed by atoms with Crippen LogP contribution in [0.5, 0.6) is 0 Å². The van der Waals surface area contributed by atoms with E-state index in [1.165, 1.54) is 6.20 Å². The molecule has 5 heteroatoms. The van der Waals surface area contributed by atoms with Crippen LogP contribution in [0.25, 0.3) is 0 Å². The number of anilines is 2. The van der Waals surface area contributed by atoms with Gasteiger partial charge in [-0.05, 0) is 61.6 Å². The fraction of sp³-hybridized carbons (Fsp3) is 0.240. The fourth-order valence-electron chi connectivity index (χ4n) is 4.08. The van der Waals surface area contributed by atoms with Crippen molar-refractivity contribution in [1.29, 1.82) is 0 Å². The van der Waals surface area contributed by atoms with Gasteiger partial charge >= 0.3 is 0 Å². The maximum atomic E-state index is 13.3. The number of para-hydroxylation sites is 2. The smallest absolute Gasteiger partial charge is 0.274 e. The summed E-state index contributed by atoms with van der Waals surface area (Å²) >= 11 is 0. The molecule has 1 aliphatic rings. The first-order valence-electron chi connectivity index (χ1n) is 10.3. The monoisotopic (exact) mass is 399 g/mol. The van der Waals surface area contributed by atoms with Crippen LogP contribution in [-0.4, -0.2) is 22.8 Å². The standard InChI is InChI=1S/C25H25N3O2/c1-4-18-10-7-8-16(2)23(18)27-24(29)21-15-20(12-13-26-21)25(30)28-17(3)14-19-9-5-6-11-22(19)28/h5-13,15,17H,4,14H2,1-3H3,(H,27,29). The number of aromatic nitrogens is 1. The molecule has 30 heavy (non-hydrogen) atoms. The summed E-state index contributed by atoms with van der Waals surface area (Å²) in [6, 6.07) is 17.2. The molecule has 0 saturated carbocycles. The van der Waals surface area contributed by atoms with Crippen LogP contribution in [0.2, 0.25) is 0 Å². The van der Waals surface area contributed by atoms with Crippen LogP contribution < -0.4 is 10.2 Å². The molecule has 2 amide bonds. The topological polar surface area (TPSA) is 62.3 Å². The fourth-order valence-corrected chi connectivity index (χ4v) is 4.08. The molecule has 3 aromatic rings. The lowest BCUT2D eigenvalue weighted by Crippen LogP contribution is -2.35. The summed E-state index contributed by atoms with van der Waals surface area (Å²) in [4.78, 5) is 32.2. The molecule has 1 N–H and O–H groups in total. The third-order valence-corrected chi connectivity index (χ3v) is 5.64. The molecule has 1 aromatic heterocycles. The maximum Gasteiger partial charge on any atom is 0.274 e. The molecule has 0 aliphatic carbocycles. The minimum atomic E-state index is -0.316. The highest BCUT2D eigenvalue weighted by atomic mass is 16.2. The van der Waals surface area contributed by atoms with E-state index in [1.807, 2.05) is 55.1 Å². The lowest BCUT2D eigenvalue weighted by atomic mass is 10.1. The molecule has 2 heterocycles. The molecule has 1 unspecified atom stereocenters. The number of carbonyl (C=O) groups excluding carboxylic acids is 2. The molecule has 4 rings (SSSR count). The minimum absolute atomic E-state index is 0.0689. The van der Waals surface area contributed by atoms with Gasteiger partial charge < -0.3 is 10.2 Å². The van der Waals surface area contributed by atoms with Crippen LogP contribution in [0.3, 0.4) is 0 Å². The number of hydrogen-bond donors (Lipinski definition) is 1. The van der Waals surface area contributed by atoms with Gasteiger partial charge in [0, 0.05) is 29.2 Å². The van der Waals surface area contributed by atoms with Gasteiger partial charge in [-0.2, -0.15) is 0 Å². The van der Waals surface area contributed by atoms with Gasteiger partial charge in [-0.1, -0.05) is 43.3 Å². The van der Waals surface area contributed by atoms with Crippen LogP contribution in [0.15, 0.2) is 60.8 Å². The van der Waals surface area contributed by atoms with Crippen molar-refractivity contribution in [3.8, 4) is 0 Å². The Morgan fingerprint density at radius 3 is 2.73 bits per heavy atom. The van der Waals surface area contributed by atoms with Crippen molar-refractivity contribution in [2.75, 3.05) is 10.2 Å². The second-order valence-corrected chi connectivity index (χ2v) is 7.70. The van der Waals surface area contributed by atoms with Crippen LogP contribution in [0.1, 0.15) is 51.4 Å². The molecule has 1 atom stereocenters. The van der Waals surface area contributed by atoms with Gasteiger partial charge in [0.15, 0.2) is 0 Å². The molecule has 0 fully saturated rings. The van der Waals surface area contributed by atoms with E-state index in [-0.39, 0.29) is 23.6 Å². The molecule has 0 radical (unpaired) electrons. The Labute approximate surface area is 176 Å². The van der Waals surface area contributed by atoms with Crippen molar-refractivity contribution in [3.05, 3.63) is 88.7 Å². The van der Waals surface area contributed by atoms with Crippen molar-refractivity contribution < 1.29 is 9.59 Å². The summed E-state index contributed by atoms with van der Waals surface area (Å²) in [6.07, 6.45) is 3.16. The number of nitrogens with one attached hydrogen (secondary N) is 1. The number of hydrogen-bond acceptors (Lipinski definition) is 3. The summed E-state index contributed by atoms with van der Waals surface area (Å²) in [5.74, 6) is -0.433. The number of amides is 2. The zero-order chi connectivity index (χ0) is 21.3. The van der Waals surface area contributed by atoms with Gasteiger partial charge in [0.2, 0.25) is 0 Å². The predicted molar refractivity (Wildman–Crippen MR) is 119 cm³/mol. The molecule has 0 bridgehead atoms. The zero-order valence-corrected chi connectivity index (χ0v) is 17.5. The zero-order valence-electron chi connectivity index (χ0n) is 17.5. The van der Waals surface area contributed by atoms with Gasteiger partial charge in [0.1, 0.15) is 5.69 Å². The SMILES string of the molecule is CCc1cccc(C)c1NC(=O)c1cc(C(=O)N2c3ccccc3CC2C)ccn1. The average molecular weight is 399 g/mol. The van der Waals surface area contributed by atoms with Crippen molar-refractivity contribution in [2.45, 2.75) is 39.7 Å². The largest absolute Gasteiger partial charge is 0.320 e. The number of pyridine rings is 1. The molecular formula is C25H25N3O2. The minimum Gasteiger partial charge on any atom is -0.320 e. The van der Waals surface area contributed by atoms with E-state index in [2.05, 4.69) is 23.3 Å². The number of fused-ring (bicyclic) bond motifs is 1. The maximum absolute atomic E-state index is 13.3. The van der Waals surface area contributed by atoms with E-state index in [1.54, 1.807) is 12.1 Å². The Bertz CT molecular complexity index is 1120. The third-order valence-electron chi connectivity index (χ3n) is 5.64. The summed E-state index contributed by atoms with van der Waals surface area (Å²) in [5, 5.41) is 2.98. The average Bonchev–Trinajstić information content (AvgIpc) is 3.10. The molecule has 0 spiro atoms. The normalized spacial score (nSPS) is 15.0. The molecule has 5 nitrogen and oxygen atoms in total. The lowest BCUT2D eigenvalue weighted by molar-refractivity contribution is 0.0981. The summed E-state index contributed by atoms with van der Waals surface area (Å²) in [5.41, 5.74) is 5.66. The van der Waals surface area contributed by atoms with E-state index >= 15 is 0 Å². The third kappa shape index (κ3) is 3.59. The Hall–Kier alpha value is -3.47. The van der Waals surface area contributed by atoms with Gasteiger partial charge in [0.05, 0.1) is 0 Å². The Morgan fingerprint density at radius 1 is 1.13 bits per heavy atom. The van der Waals surface area contributed by atoms with Crippen LogP contribution >= 0.6 is 0 Å². The quantitative estimate of drug-likeness (QED) is 0.686. The van der Waals surface area contributed by atoms with Crippen molar-refractivity contribution in [1.82, 2.24) is 4.98 Å². The molecule has 1 aliphatic heterocycles. The molecule has 0 saturated heterocycles. The van der Waals surface area contributed by atoms with E-state index in [9.17, 15) is 9.59 Å². The van der Waals surface area contributed by atoms with Crippen LogP contribution in [0, 0.1) is 6.92 Å². The van der Waals surface area contributed by atoms with Crippen LogP contribution in [-0.2, 0) is 12.8 Å². The van der Waals surface area contributed by atoms with E-state index in [0.717, 1.165) is 40.9 Å². The summed E-state index contributed by atoms with van der Waals surface area (Å²) in [7, 11) is 0. The second-order valence-electron chi connectivity index (χ2n) is 7.70. The Kier molecular flexibility index (Phi) is 5.36. The van der Waals surface area contributed by atoms with E-state index in [0.29, 0.717) is 5.56 Å². The number of aryl methyl sites for hydroxylation is 2. The number of nitrogens with zero attached hydrogens (tertiary/aromatic N) is 2.